The third-order valence-corrected chi connectivity index (χ3v) is 8.04. The number of fused-ring (bicyclic) bond motifs is 2. The Labute approximate surface area is 207 Å². The number of carbonyl (C=O) groups is 1. The van der Waals surface area contributed by atoms with Gasteiger partial charge in [-0.3, -0.25) is 4.90 Å². The van der Waals surface area contributed by atoms with Gasteiger partial charge in [0, 0.05) is 41.5 Å². The summed E-state index contributed by atoms with van der Waals surface area (Å²) in [6, 6.07) is 3.26. The van der Waals surface area contributed by atoms with E-state index in [1.165, 1.54) is 11.1 Å². The van der Waals surface area contributed by atoms with Crippen molar-refractivity contribution in [2.75, 3.05) is 42.2 Å². The van der Waals surface area contributed by atoms with Crippen molar-refractivity contribution in [3.05, 3.63) is 35.9 Å². The van der Waals surface area contributed by atoms with Gasteiger partial charge in [-0.1, -0.05) is 0 Å². The molecule has 2 aromatic heterocycles. The van der Waals surface area contributed by atoms with Gasteiger partial charge in [-0.05, 0) is 74.2 Å². The molecule has 0 atom stereocenters. The fourth-order valence-electron chi connectivity index (χ4n) is 6.04. The largest absolute Gasteiger partial charge is 0.474 e. The van der Waals surface area contributed by atoms with Crippen molar-refractivity contribution in [1.29, 1.82) is 0 Å². The quantitative estimate of drug-likeness (QED) is 0.402. The number of pyridine rings is 2. The predicted molar refractivity (Wildman–Crippen MR) is 136 cm³/mol. The molecule has 1 saturated heterocycles. The molecule has 0 unspecified atom stereocenters. The Morgan fingerprint density at radius 1 is 1.19 bits per heavy atom. The van der Waals surface area contributed by atoms with E-state index >= 15 is 4.39 Å². The molecule has 1 saturated carbocycles. The number of benzene rings is 1. The molecule has 3 aliphatic rings. The van der Waals surface area contributed by atoms with Crippen molar-refractivity contribution in [2.24, 2.45) is 5.41 Å². The SMILES string of the molecule is Cc1c(-c2cc3cc(N(C(=O)O)C4CC5(CCNCC5)C4)ncc3c(N)c2F)cnc2c1NCCO2. The highest BCUT2D eigenvalue weighted by atomic mass is 19.1. The number of amides is 1. The molecule has 1 spiro atoms. The van der Waals surface area contributed by atoms with Crippen molar-refractivity contribution in [3.8, 4) is 17.0 Å². The van der Waals surface area contributed by atoms with Gasteiger partial charge in [0.05, 0.1) is 5.69 Å². The summed E-state index contributed by atoms with van der Waals surface area (Å²) >= 11 is 0. The zero-order valence-electron chi connectivity index (χ0n) is 20.1. The Bertz CT molecular complexity index is 1370. The van der Waals surface area contributed by atoms with Crippen molar-refractivity contribution in [1.82, 2.24) is 15.3 Å². The third-order valence-electron chi connectivity index (χ3n) is 8.04. The molecule has 10 heteroatoms. The number of nitrogen functional groups attached to an aromatic ring is 1. The monoisotopic (exact) mass is 492 g/mol. The van der Waals surface area contributed by atoms with E-state index in [1.54, 1.807) is 18.3 Å². The number of rotatable bonds is 3. The second-order valence-electron chi connectivity index (χ2n) is 10.1. The van der Waals surface area contributed by atoms with Crippen LogP contribution in [0.4, 0.5) is 26.4 Å². The predicted octanol–water partition coefficient (Wildman–Crippen LogP) is 4.15. The minimum Gasteiger partial charge on any atom is -0.474 e. The molecule has 9 nitrogen and oxygen atoms in total. The number of halogens is 1. The van der Waals surface area contributed by atoms with Crippen LogP contribution in [0.2, 0.25) is 0 Å². The summed E-state index contributed by atoms with van der Waals surface area (Å²) in [7, 11) is 0. The molecule has 5 N–H and O–H groups in total. The van der Waals surface area contributed by atoms with E-state index in [9.17, 15) is 9.90 Å². The molecule has 36 heavy (non-hydrogen) atoms. The fraction of sp³-hybridized carbons (Fsp3) is 0.423. The normalized spacial score (nSPS) is 18.7. The molecule has 2 aliphatic heterocycles. The van der Waals surface area contributed by atoms with Crippen LogP contribution < -0.4 is 26.0 Å². The Kier molecular flexibility index (Phi) is 5.36. The average molecular weight is 493 g/mol. The Balaban J connectivity index is 1.39. The lowest BCUT2D eigenvalue weighted by atomic mass is 9.60. The van der Waals surface area contributed by atoms with Gasteiger partial charge >= 0.3 is 6.09 Å². The van der Waals surface area contributed by atoms with E-state index in [4.69, 9.17) is 10.5 Å². The van der Waals surface area contributed by atoms with Crippen molar-refractivity contribution >= 4 is 34.1 Å². The summed E-state index contributed by atoms with van der Waals surface area (Å²) in [6.45, 7) is 4.99. The van der Waals surface area contributed by atoms with Crippen LogP contribution in [-0.4, -0.2) is 53.5 Å². The van der Waals surface area contributed by atoms with Crippen LogP contribution in [0.5, 0.6) is 5.88 Å². The Hall–Kier alpha value is -3.66. The molecule has 4 heterocycles. The van der Waals surface area contributed by atoms with E-state index in [-0.39, 0.29) is 17.1 Å². The van der Waals surface area contributed by atoms with Crippen molar-refractivity contribution in [3.63, 3.8) is 0 Å². The molecule has 3 aromatic rings. The topological polar surface area (TPSA) is 126 Å². The van der Waals surface area contributed by atoms with E-state index in [0.29, 0.717) is 46.7 Å². The smallest absolute Gasteiger partial charge is 0.413 e. The van der Waals surface area contributed by atoms with Gasteiger partial charge in [0.15, 0.2) is 5.82 Å². The summed E-state index contributed by atoms with van der Waals surface area (Å²) in [5.74, 6) is 0.268. The van der Waals surface area contributed by atoms with Crippen LogP contribution >= 0.6 is 0 Å². The number of ether oxygens (including phenoxy) is 1. The number of hydrogen-bond acceptors (Lipinski definition) is 7. The number of piperidine rings is 1. The molecular formula is C26H29FN6O3. The summed E-state index contributed by atoms with van der Waals surface area (Å²) in [6.07, 6.45) is 5.80. The number of carboxylic acid groups (broad SMARTS) is 1. The molecule has 1 aromatic carbocycles. The Morgan fingerprint density at radius 2 is 1.97 bits per heavy atom. The number of anilines is 3. The number of nitrogens with two attached hydrogens (primary N) is 1. The lowest BCUT2D eigenvalue weighted by Crippen LogP contribution is -2.56. The van der Waals surface area contributed by atoms with Crippen LogP contribution in [0.25, 0.3) is 21.9 Å². The summed E-state index contributed by atoms with van der Waals surface area (Å²) in [5.41, 5.74) is 8.84. The first-order valence-electron chi connectivity index (χ1n) is 12.3. The summed E-state index contributed by atoms with van der Waals surface area (Å²) in [4.78, 5) is 22.4. The van der Waals surface area contributed by atoms with E-state index in [2.05, 4.69) is 20.6 Å². The zero-order valence-corrected chi connectivity index (χ0v) is 20.1. The minimum absolute atomic E-state index is 0.0259. The first-order valence-corrected chi connectivity index (χ1v) is 12.3. The third kappa shape index (κ3) is 3.59. The first kappa shape index (κ1) is 22.8. The highest BCUT2D eigenvalue weighted by molar-refractivity contribution is 6.00. The van der Waals surface area contributed by atoms with Gasteiger partial charge in [-0.25, -0.2) is 19.2 Å². The molecule has 1 aliphatic carbocycles. The molecule has 188 valence electrons. The van der Waals surface area contributed by atoms with E-state index in [0.717, 1.165) is 50.0 Å². The minimum atomic E-state index is -1.04. The van der Waals surface area contributed by atoms with Gasteiger partial charge in [-0.2, -0.15) is 0 Å². The molecular weight excluding hydrogens is 463 g/mol. The summed E-state index contributed by atoms with van der Waals surface area (Å²) < 4.78 is 21.1. The first-order chi connectivity index (χ1) is 17.4. The lowest BCUT2D eigenvalue weighted by molar-refractivity contribution is 0.0585. The lowest BCUT2D eigenvalue weighted by Gasteiger charge is -2.52. The van der Waals surface area contributed by atoms with Crippen LogP contribution in [0.3, 0.4) is 0 Å². The number of aromatic nitrogens is 2. The van der Waals surface area contributed by atoms with Crippen LogP contribution in [0.15, 0.2) is 24.5 Å². The average Bonchev–Trinajstić information content (AvgIpc) is 2.86. The number of nitrogens with one attached hydrogen (secondary N) is 2. The molecule has 0 radical (unpaired) electrons. The van der Waals surface area contributed by atoms with Crippen LogP contribution in [-0.2, 0) is 0 Å². The number of hydrogen-bond donors (Lipinski definition) is 4. The van der Waals surface area contributed by atoms with Gasteiger partial charge in [0.2, 0.25) is 5.88 Å². The summed E-state index contributed by atoms with van der Waals surface area (Å²) in [5, 5.41) is 17.8. The van der Waals surface area contributed by atoms with Gasteiger partial charge in [-0.15, -0.1) is 0 Å². The maximum absolute atomic E-state index is 15.5. The molecule has 6 rings (SSSR count). The van der Waals surface area contributed by atoms with Gasteiger partial charge in [0.25, 0.3) is 0 Å². The maximum Gasteiger partial charge on any atom is 0.413 e. The van der Waals surface area contributed by atoms with Gasteiger partial charge < -0.3 is 26.2 Å². The molecule has 0 bridgehead atoms. The van der Waals surface area contributed by atoms with Crippen LogP contribution in [0, 0.1) is 18.2 Å². The molecule has 2 fully saturated rings. The van der Waals surface area contributed by atoms with Crippen molar-refractivity contribution in [2.45, 2.75) is 38.6 Å². The molecule has 1 amide bonds. The fourth-order valence-corrected chi connectivity index (χ4v) is 6.04. The van der Waals surface area contributed by atoms with Gasteiger partial charge in [0.1, 0.15) is 18.1 Å². The van der Waals surface area contributed by atoms with E-state index < -0.39 is 11.9 Å². The van der Waals surface area contributed by atoms with Crippen LogP contribution in [0.1, 0.15) is 31.2 Å². The highest BCUT2D eigenvalue weighted by Crippen LogP contribution is 2.50. The van der Waals surface area contributed by atoms with Crippen molar-refractivity contribution < 1.29 is 19.0 Å². The standard InChI is InChI=1S/C26H29FN6O3/c1-14-18(12-32-24-23(14)30-6-7-36-24)17-8-15-9-20(31-13-19(15)22(28)21(17)27)33(25(34)35)16-10-26(11-16)2-4-29-5-3-26/h8-9,12-13,16,29-30H,2-7,10-11,28H2,1H3,(H,34,35). The second-order valence-corrected chi connectivity index (χ2v) is 10.1. The Morgan fingerprint density at radius 3 is 2.72 bits per heavy atom. The van der Waals surface area contributed by atoms with E-state index in [1.807, 2.05) is 6.92 Å². The zero-order chi connectivity index (χ0) is 25.0. The second kappa shape index (κ2) is 8.48. The highest BCUT2D eigenvalue weighted by Gasteiger charge is 2.48. The maximum atomic E-state index is 15.5. The number of nitrogens with zero attached hydrogens (tertiary/aromatic N) is 3.